The van der Waals surface area contributed by atoms with Crippen LogP contribution in [0.1, 0.15) is 32.8 Å². The zero-order valence-corrected chi connectivity index (χ0v) is 16.0. The molecule has 4 aromatic rings. The minimum Gasteiger partial charge on any atom is -0.490 e. The number of nitrogens with zero attached hydrogens (tertiary/aromatic N) is 3. The van der Waals surface area contributed by atoms with E-state index in [2.05, 4.69) is 29.1 Å². The first-order valence-corrected chi connectivity index (χ1v) is 9.04. The molecule has 142 valence electrons. The van der Waals surface area contributed by atoms with Gasteiger partial charge in [-0.3, -0.25) is 5.10 Å². The first-order valence-electron chi connectivity index (χ1n) is 9.04. The van der Waals surface area contributed by atoms with Crippen LogP contribution in [0, 0.1) is 12.7 Å². The first kappa shape index (κ1) is 18.7. The van der Waals surface area contributed by atoms with Gasteiger partial charge in [0.2, 0.25) is 0 Å². The van der Waals surface area contributed by atoms with Crippen LogP contribution in [0.25, 0.3) is 27.5 Å². The molecule has 1 aromatic carbocycles. The van der Waals surface area contributed by atoms with Gasteiger partial charge in [-0.1, -0.05) is 20.3 Å². The maximum Gasteiger partial charge on any atom is 0.170 e. The molecule has 7 heteroatoms. The van der Waals surface area contributed by atoms with E-state index in [1.165, 1.54) is 6.42 Å². The molecule has 0 atom stereocenters. The van der Waals surface area contributed by atoms with Crippen LogP contribution in [0.2, 0.25) is 0 Å². The summed E-state index contributed by atoms with van der Waals surface area (Å²) in [6, 6.07) is 5.53. The predicted octanol–water partition coefficient (Wildman–Crippen LogP) is 4.72. The molecule has 0 fully saturated rings. The van der Waals surface area contributed by atoms with Gasteiger partial charge < -0.3 is 10.5 Å². The number of nitrogens with two attached hydrogens (primary N) is 1. The quantitative estimate of drug-likeness (QED) is 0.547. The number of anilines is 1. The number of pyridine rings is 1. The van der Waals surface area contributed by atoms with E-state index in [1.807, 2.05) is 19.1 Å². The van der Waals surface area contributed by atoms with Crippen LogP contribution in [0.3, 0.4) is 0 Å². The van der Waals surface area contributed by atoms with Crippen molar-refractivity contribution in [3.05, 3.63) is 42.0 Å². The Morgan fingerprint density at radius 2 is 2.00 bits per heavy atom. The number of aryl methyl sites for hydroxylation is 1. The van der Waals surface area contributed by atoms with E-state index in [4.69, 9.17) is 10.5 Å². The van der Waals surface area contributed by atoms with Crippen molar-refractivity contribution in [2.75, 3.05) is 12.3 Å². The van der Waals surface area contributed by atoms with E-state index in [9.17, 15) is 4.39 Å². The summed E-state index contributed by atoms with van der Waals surface area (Å²) < 4.78 is 22.2. The molecular formula is C20H24FN5O. The molecule has 3 heterocycles. The number of rotatable bonds is 3. The van der Waals surface area contributed by atoms with E-state index < -0.39 is 0 Å². The molecule has 0 bridgehead atoms. The zero-order valence-electron chi connectivity index (χ0n) is 16.0. The smallest absolute Gasteiger partial charge is 0.170 e. The molecule has 0 spiro atoms. The molecule has 0 amide bonds. The Bertz CT molecular complexity index is 1080. The van der Waals surface area contributed by atoms with Gasteiger partial charge in [0.15, 0.2) is 11.6 Å². The number of ether oxygens (including phenoxy) is 1. The Morgan fingerprint density at radius 1 is 1.26 bits per heavy atom. The van der Waals surface area contributed by atoms with Crippen LogP contribution >= 0.6 is 0 Å². The molecule has 3 aromatic heterocycles. The topological polar surface area (TPSA) is 81.2 Å². The van der Waals surface area contributed by atoms with Crippen molar-refractivity contribution in [3.63, 3.8) is 0 Å². The van der Waals surface area contributed by atoms with Crippen molar-refractivity contribution >= 4 is 22.2 Å². The van der Waals surface area contributed by atoms with Gasteiger partial charge in [0, 0.05) is 28.8 Å². The van der Waals surface area contributed by atoms with E-state index in [0.717, 1.165) is 16.5 Å². The van der Waals surface area contributed by atoms with Crippen molar-refractivity contribution < 1.29 is 9.13 Å². The SMILES string of the molecule is CCC.CCOc1c(F)c(C)c2[nH]ncc2c1-c1ccn2nc(N)cc2c1. The standard InChI is InChI=1S/C17H16FN5O.C3H8/c1-3-24-17-14(12-8-20-21-16(12)9(2)15(17)18)10-4-5-23-11(6-10)7-13(19)22-23;1-3-2/h4-8H,3H2,1-2H3,(H2,19,22)(H,20,21);3H2,1-2H3. The van der Waals surface area contributed by atoms with Crippen LogP contribution in [-0.4, -0.2) is 26.4 Å². The summed E-state index contributed by atoms with van der Waals surface area (Å²) in [6.07, 6.45) is 4.73. The van der Waals surface area contributed by atoms with Gasteiger partial charge in [0.25, 0.3) is 0 Å². The summed E-state index contributed by atoms with van der Waals surface area (Å²) in [7, 11) is 0. The molecule has 27 heavy (non-hydrogen) atoms. The lowest BCUT2D eigenvalue weighted by Crippen LogP contribution is -2.01. The van der Waals surface area contributed by atoms with Crippen LogP contribution in [0.5, 0.6) is 5.75 Å². The lowest BCUT2D eigenvalue weighted by Gasteiger charge is -2.15. The summed E-state index contributed by atoms with van der Waals surface area (Å²) in [5.41, 5.74) is 9.21. The number of benzene rings is 1. The second-order valence-corrected chi connectivity index (χ2v) is 6.30. The van der Waals surface area contributed by atoms with Gasteiger partial charge in [-0.2, -0.15) is 10.2 Å². The minimum absolute atomic E-state index is 0.237. The fourth-order valence-electron chi connectivity index (χ4n) is 3.01. The molecule has 0 aliphatic heterocycles. The van der Waals surface area contributed by atoms with Gasteiger partial charge in [-0.05, 0) is 31.5 Å². The fraction of sp³-hybridized carbons (Fsp3) is 0.300. The van der Waals surface area contributed by atoms with Crippen molar-refractivity contribution in [2.24, 2.45) is 0 Å². The summed E-state index contributed by atoms with van der Waals surface area (Å²) in [5, 5.41) is 11.9. The lowest BCUT2D eigenvalue weighted by atomic mass is 9.98. The minimum atomic E-state index is -0.378. The Labute approximate surface area is 157 Å². The van der Waals surface area contributed by atoms with Crippen LogP contribution in [0.15, 0.2) is 30.6 Å². The number of fused-ring (bicyclic) bond motifs is 2. The van der Waals surface area contributed by atoms with E-state index in [0.29, 0.717) is 29.1 Å². The van der Waals surface area contributed by atoms with Crippen molar-refractivity contribution in [3.8, 4) is 16.9 Å². The second kappa shape index (κ2) is 7.65. The number of nitrogens with one attached hydrogen (secondary N) is 1. The van der Waals surface area contributed by atoms with Crippen LogP contribution in [0.4, 0.5) is 10.2 Å². The maximum atomic E-state index is 14.8. The monoisotopic (exact) mass is 369 g/mol. The third-order valence-electron chi connectivity index (χ3n) is 4.10. The second-order valence-electron chi connectivity index (χ2n) is 6.30. The molecule has 4 rings (SSSR count). The predicted molar refractivity (Wildman–Crippen MR) is 107 cm³/mol. The molecule has 0 unspecified atom stereocenters. The highest BCUT2D eigenvalue weighted by molar-refractivity contribution is 6.00. The lowest BCUT2D eigenvalue weighted by molar-refractivity contribution is 0.323. The number of aromatic amines is 1. The van der Waals surface area contributed by atoms with E-state index >= 15 is 0 Å². The number of hydrogen-bond donors (Lipinski definition) is 2. The van der Waals surface area contributed by atoms with Gasteiger partial charge in [0.1, 0.15) is 5.82 Å². The maximum absolute atomic E-state index is 14.8. The zero-order chi connectivity index (χ0) is 19.6. The summed E-state index contributed by atoms with van der Waals surface area (Å²) >= 11 is 0. The van der Waals surface area contributed by atoms with Crippen molar-refractivity contribution in [1.82, 2.24) is 19.8 Å². The van der Waals surface area contributed by atoms with E-state index in [-0.39, 0.29) is 11.6 Å². The fourth-order valence-corrected chi connectivity index (χ4v) is 3.01. The van der Waals surface area contributed by atoms with E-state index in [1.54, 1.807) is 29.9 Å². The Kier molecular flexibility index (Phi) is 5.30. The average molecular weight is 369 g/mol. The molecule has 0 saturated heterocycles. The Hall–Kier alpha value is -3.09. The van der Waals surface area contributed by atoms with Gasteiger partial charge in [0.05, 0.1) is 23.8 Å². The highest BCUT2D eigenvalue weighted by atomic mass is 19.1. The number of nitrogen functional groups attached to an aromatic ring is 1. The molecular weight excluding hydrogens is 345 g/mol. The Balaban J connectivity index is 0.000000659. The molecule has 0 radical (unpaired) electrons. The number of halogens is 1. The largest absolute Gasteiger partial charge is 0.490 e. The summed E-state index contributed by atoms with van der Waals surface area (Å²) in [4.78, 5) is 0. The number of H-pyrrole nitrogens is 1. The number of hydrogen-bond acceptors (Lipinski definition) is 4. The highest BCUT2D eigenvalue weighted by Gasteiger charge is 2.21. The summed E-state index contributed by atoms with van der Waals surface area (Å²) in [5.74, 6) is 0.290. The average Bonchev–Trinajstić information content (AvgIpc) is 3.25. The third kappa shape index (κ3) is 3.32. The molecule has 6 nitrogen and oxygen atoms in total. The molecule has 0 aliphatic carbocycles. The normalized spacial score (nSPS) is 10.9. The van der Waals surface area contributed by atoms with Gasteiger partial charge >= 0.3 is 0 Å². The molecule has 0 aliphatic rings. The molecule has 0 saturated carbocycles. The Morgan fingerprint density at radius 3 is 2.70 bits per heavy atom. The third-order valence-corrected chi connectivity index (χ3v) is 4.10. The van der Waals surface area contributed by atoms with Crippen molar-refractivity contribution in [1.29, 1.82) is 0 Å². The molecule has 3 N–H and O–H groups in total. The van der Waals surface area contributed by atoms with Crippen molar-refractivity contribution in [2.45, 2.75) is 34.1 Å². The first-order chi connectivity index (χ1) is 13.0. The highest BCUT2D eigenvalue weighted by Crippen LogP contribution is 2.41. The van der Waals surface area contributed by atoms with Crippen LogP contribution in [-0.2, 0) is 0 Å². The van der Waals surface area contributed by atoms with Gasteiger partial charge in [-0.15, -0.1) is 0 Å². The van der Waals surface area contributed by atoms with Crippen LogP contribution < -0.4 is 10.5 Å². The summed E-state index contributed by atoms with van der Waals surface area (Å²) in [6.45, 7) is 8.16. The van der Waals surface area contributed by atoms with Gasteiger partial charge in [-0.25, -0.2) is 8.91 Å². The number of aromatic nitrogens is 4.